The van der Waals surface area contributed by atoms with Gasteiger partial charge < -0.3 is 19.9 Å². The molecular formula is C36H49N5O8S. The van der Waals surface area contributed by atoms with Gasteiger partial charge in [0.25, 0.3) is 0 Å². The molecule has 0 spiro atoms. The van der Waals surface area contributed by atoms with Crippen LogP contribution in [0.25, 0.3) is 0 Å². The number of unbranched alkanes of at least 4 members (excludes halogenated alkanes) is 1. The number of aryl methyl sites for hydroxylation is 1. The Labute approximate surface area is 294 Å². The van der Waals surface area contributed by atoms with Gasteiger partial charge >= 0.3 is 12.1 Å². The third-order valence-electron chi connectivity index (χ3n) is 11.1. The van der Waals surface area contributed by atoms with Gasteiger partial charge in [0.15, 0.2) is 5.78 Å². The molecule has 2 saturated carbocycles. The van der Waals surface area contributed by atoms with Crippen LogP contribution in [0.5, 0.6) is 0 Å². The number of ether oxygens (including phenoxy) is 1. The quantitative estimate of drug-likeness (QED) is 0.349. The summed E-state index contributed by atoms with van der Waals surface area (Å²) in [5, 5.41) is 2.29. The van der Waals surface area contributed by atoms with Crippen LogP contribution in [0.4, 0.5) is 9.59 Å². The Bertz CT molecular complexity index is 1660. The Kier molecular flexibility index (Phi) is 10.3. The number of benzene rings is 1. The van der Waals surface area contributed by atoms with E-state index in [1.807, 2.05) is 19.1 Å². The van der Waals surface area contributed by atoms with E-state index in [-0.39, 0.29) is 31.8 Å². The first-order valence-corrected chi connectivity index (χ1v) is 19.5. The summed E-state index contributed by atoms with van der Waals surface area (Å²) in [5.74, 6) is -2.02. The summed E-state index contributed by atoms with van der Waals surface area (Å²) in [6.07, 6.45) is 5.34. The van der Waals surface area contributed by atoms with Crippen LogP contribution in [-0.2, 0) is 48.7 Å². The summed E-state index contributed by atoms with van der Waals surface area (Å²) < 4.78 is 33.5. The second-order valence-electron chi connectivity index (χ2n) is 14.7. The molecule has 272 valence electrons. The van der Waals surface area contributed by atoms with Crippen molar-refractivity contribution in [3.63, 3.8) is 0 Å². The van der Waals surface area contributed by atoms with Gasteiger partial charge in [-0.05, 0) is 67.6 Å². The smallest absolute Gasteiger partial charge is 0.410 e. The lowest BCUT2D eigenvalue weighted by Crippen LogP contribution is -2.54. The molecule has 3 fully saturated rings. The zero-order valence-electron chi connectivity index (χ0n) is 29.0. The van der Waals surface area contributed by atoms with E-state index in [2.05, 4.69) is 22.7 Å². The van der Waals surface area contributed by atoms with E-state index in [1.165, 1.54) is 4.90 Å². The van der Waals surface area contributed by atoms with Crippen LogP contribution in [0.2, 0.25) is 0 Å². The van der Waals surface area contributed by atoms with Crippen molar-refractivity contribution in [2.24, 2.45) is 11.3 Å². The van der Waals surface area contributed by atoms with E-state index >= 15 is 0 Å². The number of amides is 5. The van der Waals surface area contributed by atoms with Crippen LogP contribution < -0.4 is 10.0 Å². The molecule has 50 heavy (non-hydrogen) atoms. The fraction of sp³-hybridized carbons (Fsp3) is 0.639. The largest absolute Gasteiger partial charge is 0.444 e. The molecule has 1 aromatic carbocycles. The summed E-state index contributed by atoms with van der Waals surface area (Å²) in [6.45, 7) is 7.00. The number of nitrogens with one attached hydrogen (secondary N) is 2. The van der Waals surface area contributed by atoms with E-state index in [0.29, 0.717) is 45.3 Å². The van der Waals surface area contributed by atoms with Gasteiger partial charge in [-0.1, -0.05) is 44.0 Å². The number of carbonyl (C=O) groups excluding carboxylic acids is 5. The molecule has 3 aliphatic heterocycles. The van der Waals surface area contributed by atoms with Gasteiger partial charge in [0, 0.05) is 39.5 Å². The van der Waals surface area contributed by atoms with Crippen molar-refractivity contribution in [2.75, 3.05) is 20.1 Å². The highest BCUT2D eigenvalue weighted by atomic mass is 32.2. The standard InChI is InChI=1S/C36H49N5O8S/c1-4-6-13-29-32(43)41-21-26(17-30(41)31(42)19-36(18-25(36)5-2)33(44)38-50(47,48)27-14-15-27)49-35(46)40-20-24-12-9-11-23(28(24)22-40)10-7-8-16-39(3)34(45)37-29/h5,9,11-12,25-27,29-30H,2,4,6-8,10,13-22H2,1,3H3,(H,37,45)(H,38,44)/t25-,26-,29+,30+,36-/m1/s1. The summed E-state index contributed by atoms with van der Waals surface area (Å²) in [7, 11) is -2.15. The minimum Gasteiger partial charge on any atom is -0.444 e. The number of ketones is 1. The van der Waals surface area contributed by atoms with Gasteiger partial charge in [-0.2, -0.15) is 0 Å². The molecular weight excluding hydrogens is 662 g/mol. The molecule has 2 N–H and O–H groups in total. The Morgan fingerprint density at radius 3 is 2.60 bits per heavy atom. The summed E-state index contributed by atoms with van der Waals surface area (Å²) >= 11 is 0. The van der Waals surface area contributed by atoms with Gasteiger partial charge in [0.2, 0.25) is 21.8 Å². The van der Waals surface area contributed by atoms with Gasteiger partial charge in [-0.25, -0.2) is 18.0 Å². The molecule has 1 aromatic rings. The average molecular weight is 712 g/mol. The minimum atomic E-state index is -3.85. The molecule has 0 aromatic heterocycles. The van der Waals surface area contributed by atoms with E-state index in [9.17, 15) is 32.4 Å². The van der Waals surface area contributed by atoms with Crippen molar-refractivity contribution in [2.45, 2.75) is 114 Å². The lowest BCUT2D eigenvalue weighted by molar-refractivity contribution is -0.140. The zero-order valence-corrected chi connectivity index (χ0v) is 29.8. The van der Waals surface area contributed by atoms with Crippen molar-refractivity contribution in [3.05, 3.63) is 47.5 Å². The first-order valence-electron chi connectivity index (χ1n) is 18.0. The summed E-state index contributed by atoms with van der Waals surface area (Å²) in [4.78, 5) is 73.5. The summed E-state index contributed by atoms with van der Waals surface area (Å²) in [5.41, 5.74) is 2.01. The number of hydrogen-bond donors (Lipinski definition) is 2. The minimum absolute atomic E-state index is 0.0214. The number of fused-ring (bicyclic) bond motifs is 3. The van der Waals surface area contributed by atoms with Crippen LogP contribution in [0.15, 0.2) is 30.9 Å². The fourth-order valence-corrected chi connectivity index (χ4v) is 9.09. The van der Waals surface area contributed by atoms with Gasteiger partial charge in [0.1, 0.15) is 12.1 Å². The number of hydrogen-bond acceptors (Lipinski definition) is 8. The monoisotopic (exact) mass is 711 g/mol. The lowest BCUT2D eigenvalue weighted by atomic mass is 9.91. The predicted octanol–water partition coefficient (Wildman–Crippen LogP) is 3.40. The number of Topliss-reactive ketones (excluding diaryl/α,β-unsaturated/α-hetero) is 1. The van der Waals surface area contributed by atoms with E-state index in [1.54, 1.807) is 22.9 Å². The molecule has 3 heterocycles. The Morgan fingerprint density at radius 2 is 1.90 bits per heavy atom. The second-order valence-corrected chi connectivity index (χ2v) is 16.7. The van der Waals surface area contributed by atoms with Gasteiger partial charge in [-0.15, -0.1) is 6.58 Å². The van der Waals surface area contributed by atoms with Crippen molar-refractivity contribution in [1.82, 2.24) is 24.7 Å². The van der Waals surface area contributed by atoms with Crippen LogP contribution in [-0.4, -0.2) is 96.4 Å². The predicted molar refractivity (Wildman–Crippen MR) is 184 cm³/mol. The lowest BCUT2D eigenvalue weighted by Gasteiger charge is -2.30. The molecule has 0 unspecified atom stereocenters. The molecule has 6 rings (SSSR count). The maximum absolute atomic E-state index is 14.3. The van der Waals surface area contributed by atoms with Crippen LogP contribution >= 0.6 is 0 Å². The van der Waals surface area contributed by atoms with Crippen LogP contribution in [0.3, 0.4) is 0 Å². The topological polar surface area (TPSA) is 162 Å². The van der Waals surface area contributed by atoms with Crippen molar-refractivity contribution < 1.29 is 37.1 Å². The number of carbonyl (C=O) groups is 5. The number of rotatable bonds is 10. The molecule has 1 saturated heterocycles. The van der Waals surface area contributed by atoms with E-state index in [0.717, 1.165) is 42.4 Å². The SMILES string of the molecule is C=C[C@@H]1C[C@]1(CC(=O)[C@@H]1C[C@@H]2CN1C(=O)[C@H](CCCC)NC(=O)N(C)CCCCc1cccc3c1CN(C3)C(=O)O2)C(=O)NS(=O)(=O)C1CC1. The van der Waals surface area contributed by atoms with E-state index < -0.39 is 68.5 Å². The highest BCUT2D eigenvalue weighted by molar-refractivity contribution is 7.90. The number of nitrogens with zero attached hydrogens (tertiary/aromatic N) is 3. The normalized spacial score (nSPS) is 28.8. The van der Waals surface area contributed by atoms with Crippen molar-refractivity contribution >= 4 is 39.7 Å². The van der Waals surface area contributed by atoms with Gasteiger partial charge in [-0.3, -0.25) is 24.0 Å². The zero-order chi connectivity index (χ0) is 35.8. The molecule has 13 nitrogen and oxygen atoms in total. The highest BCUT2D eigenvalue weighted by Crippen LogP contribution is 2.57. The molecule has 4 bridgehead atoms. The first kappa shape index (κ1) is 35.9. The van der Waals surface area contributed by atoms with Crippen LogP contribution in [0, 0.1) is 11.3 Å². The average Bonchev–Trinajstić information content (AvgIpc) is 3.98. The molecule has 5 amide bonds. The molecule has 14 heteroatoms. The molecule has 0 radical (unpaired) electrons. The van der Waals surface area contributed by atoms with E-state index in [4.69, 9.17) is 4.74 Å². The Morgan fingerprint density at radius 1 is 1.14 bits per heavy atom. The molecule has 2 aliphatic carbocycles. The third-order valence-corrected chi connectivity index (χ3v) is 12.9. The highest BCUT2D eigenvalue weighted by Gasteiger charge is 2.61. The maximum atomic E-state index is 14.3. The van der Waals surface area contributed by atoms with Crippen LogP contribution in [0.1, 0.15) is 87.8 Å². The summed E-state index contributed by atoms with van der Waals surface area (Å²) in [6, 6.07) is 3.72. The maximum Gasteiger partial charge on any atom is 0.410 e. The van der Waals surface area contributed by atoms with Crippen molar-refractivity contribution in [3.8, 4) is 0 Å². The number of allylic oxidation sites excluding steroid dienone is 1. The Hall–Kier alpha value is -3.94. The molecule has 5 aliphatic rings. The number of urea groups is 1. The first-order chi connectivity index (χ1) is 23.9. The molecule has 5 atom stereocenters. The van der Waals surface area contributed by atoms with Gasteiger partial charge in [0.05, 0.1) is 23.3 Å². The Balaban J connectivity index is 1.27. The second kappa shape index (κ2) is 14.4. The fourth-order valence-electron chi connectivity index (χ4n) is 7.70. The van der Waals surface area contributed by atoms with Crippen molar-refractivity contribution in [1.29, 1.82) is 0 Å². The number of sulfonamides is 1. The third kappa shape index (κ3) is 7.40.